The molecule has 1 aromatic heterocycles. The lowest BCUT2D eigenvalue weighted by Gasteiger charge is -2.25. The number of aryl methyl sites for hydroxylation is 1. The highest BCUT2D eigenvalue weighted by Gasteiger charge is 2.42. The maximum absolute atomic E-state index is 13.4. The van der Waals surface area contributed by atoms with Crippen molar-refractivity contribution in [1.82, 2.24) is 4.90 Å². The van der Waals surface area contributed by atoms with Crippen molar-refractivity contribution in [3.8, 4) is 0 Å². The van der Waals surface area contributed by atoms with E-state index in [9.17, 15) is 9.59 Å². The van der Waals surface area contributed by atoms with Gasteiger partial charge in [-0.1, -0.05) is 42.0 Å². The number of hydrogen-bond donors (Lipinski definition) is 1. The SMILES string of the molecule is Cc1ccc2oc3c(c(=O)c2c1)[C@H](c1ccccc1)N(CCC[NH+](C)C)C3=O. The van der Waals surface area contributed by atoms with Crippen LogP contribution in [0.5, 0.6) is 0 Å². The lowest BCUT2D eigenvalue weighted by atomic mass is 9.98. The van der Waals surface area contributed by atoms with E-state index in [1.165, 1.54) is 4.90 Å². The van der Waals surface area contributed by atoms with Gasteiger partial charge in [-0.2, -0.15) is 0 Å². The molecule has 0 aliphatic carbocycles. The van der Waals surface area contributed by atoms with E-state index in [0.717, 1.165) is 24.1 Å². The van der Waals surface area contributed by atoms with E-state index in [0.29, 0.717) is 23.1 Å². The topological polar surface area (TPSA) is 55.0 Å². The van der Waals surface area contributed by atoms with Crippen LogP contribution in [0.2, 0.25) is 0 Å². The van der Waals surface area contributed by atoms with Crippen LogP contribution >= 0.6 is 0 Å². The normalized spacial score (nSPS) is 16.2. The van der Waals surface area contributed by atoms with E-state index in [2.05, 4.69) is 14.1 Å². The molecule has 0 radical (unpaired) electrons. The van der Waals surface area contributed by atoms with Gasteiger partial charge in [0.2, 0.25) is 5.76 Å². The van der Waals surface area contributed by atoms with Crippen molar-refractivity contribution in [3.05, 3.63) is 81.2 Å². The highest BCUT2D eigenvalue weighted by Crippen LogP contribution is 2.38. The molecule has 1 N–H and O–H groups in total. The molecule has 144 valence electrons. The van der Waals surface area contributed by atoms with Gasteiger partial charge in [-0.15, -0.1) is 0 Å². The average Bonchev–Trinajstić information content (AvgIpc) is 2.95. The molecular weight excluding hydrogens is 352 g/mol. The second-order valence-corrected chi connectivity index (χ2v) is 7.80. The number of fused-ring (bicyclic) bond motifs is 2. The van der Waals surface area contributed by atoms with Crippen molar-refractivity contribution in [2.24, 2.45) is 0 Å². The molecule has 0 fully saturated rings. The van der Waals surface area contributed by atoms with E-state index in [1.807, 2.05) is 49.4 Å². The summed E-state index contributed by atoms with van der Waals surface area (Å²) >= 11 is 0. The monoisotopic (exact) mass is 377 g/mol. The van der Waals surface area contributed by atoms with Gasteiger partial charge in [0.05, 0.1) is 37.6 Å². The minimum absolute atomic E-state index is 0.108. The first kappa shape index (κ1) is 18.4. The summed E-state index contributed by atoms with van der Waals surface area (Å²) in [6, 6.07) is 14.9. The third kappa shape index (κ3) is 3.12. The summed E-state index contributed by atoms with van der Waals surface area (Å²) in [4.78, 5) is 29.7. The van der Waals surface area contributed by atoms with E-state index in [4.69, 9.17) is 4.42 Å². The minimum atomic E-state index is -0.401. The number of carbonyl (C=O) groups is 1. The lowest BCUT2D eigenvalue weighted by Crippen LogP contribution is -3.05. The van der Waals surface area contributed by atoms with E-state index in [1.54, 1.807) is 11.0 Å². The number of hydrogen-bond acceptors (Lipinski definition) is 3. The van der Waals surface area contributed by atoms with Gasteiger partial charge in [0.1, 0.15) is 5.58 Å². The lowest BCUT2D eigenvalue weighted by molar-refractivity contribution is -0.858. The predicted octanol–water partition coefficient (Wildman–Crippen LogP) is 2.18. The Labute approximate surface area is 164 Å². The summed E-state index contributed by atoms with van der Waals surface area (Å²) in [5.41, 5.74) is 2.75. The van der Waals surface area contributed by atoms with Gasteiger partial charge in [-0.05, 0) is 24.6 Å². The number of amides is 1. The number of nitrogens with one attached hydrogen (secondary N) is 1. The average molecular weight is 377 g/mol. The quantitative estimate of drug-likeness (QED) is 0.742. The number of quaternary nitrogens is 1. The standard InChI is InChI=1S/C23H24N2O3/c1-15-10-11-18-17(14-15)21(26)19-20(16-8-5-4-6-9-16)25(13-7-12-24(2)3)23(27)22(19)28-18/h4-6,8-11,14,20H,7,12-13H2,1-3H3/p+1/t20-/m0/s1. The predicted molar refractivity (Wildman–Crippen MR) is 109 cm³/mol. The molecule has 2 heterocycles. The third-order valence-electron chi connectivity index (χ3n) is 5.31. The van der Waals surface area contributed by atoms with Gasteiger partial charge in [0, 0.05) is 13.0 Å². The number of benzene rings is 2. The minimum Gasteiger partial charge on any atom is -0.450 e. The van der Waals surface area contributed by atoms with Gasteiger partial charge in [-0.3, -0.25) is 9.59 Å². The van der Waals surface area contributed by atoms with Crippen LogP contribution in [-0.4, -0.2) is 38.0 Å². The number of rotatable bonds is 5. The van der Waals surface area contributed by atoms with Crippen LogP contribution in [0, 0.1) is 6.92 Å². The Hall–Kier alpha value is -2.92. The third-order valence-corrected chi connectivity index (χ3v) is 5.31. The zero-order valence-electron chi connectivity index (χ0n) is 16.5. The Kier molecular flexibility index (Phi) is 4.77. The van der Waals surface area contributed by atoms with Gasteiger partial charge >= 0.3 is 0 Å². The molecule has 28 heavy (non-hydrogen) atoms. The van der Waals surface area contributed by atoms with Crippen molar-refractivity contribution in [2.45, 2.75) is 19.4 Å². The van der Waals surface area contributed by atoms with Crippen molar-refractivity contribution in [3.63, 3.8) is 0 Å². The fraction of sp³-hybridized carbons (Fsp3) is 0.304. The molecule has 1 atom stereocenters. The van der Waals surface area contributed by atoms with Crippen molar-refractivity contribution < 1.29 is 14.1 Å². The molecule has 0 saturated heterocycles. The molecule has 5 nitrogen and oxygen atoms in total. The first-order valence-corrected chi connectivity index (χ1v) is 9.69. The summed E-state index contributed by atoms with van der Waals surface area (Å²) in [5.74, 6) is -0.00964. The maximum Gasteiger partial charge on any atom is 0.290 e. The Morgan fingerprint density at radius 3 is 2.54 bits per heavy atom. The van der Waals surface area contributed by atoms with Crippen LogP contribution in [0.1, 0.15) is 39.7 Å². The molecule has 3 aromatic rings. The first-order chi connectivity index (χ1) is 13.5. The molecule has 1 aliphatic heterocycles. The summed E-state index contributed by atoms with van der Waals surface area (Å²) in [6.07, 6.45) is 0.859. The zero-order valence-corrected chi connectivity index (χ0v) is 16.5. The van der Waals surface area contributed by atoms with Crippen LogP contribution in [0.3, 0.4) is 0 Å². The van der Waals surface area contributed by atoms with Crippen molar-refractivity contribution in [1.29, 1.82) is 0 Å². The molecular formula is C23H25N2O3+. The zero-order chi connectivity index (χ0) is 19.8. The number of nitrogens with zero attached hydrogens (tertiary/aromatic N) is 1. The largest absolute Gasteiger partial charge is 0.450 e. The number of carbonyl (C=O) groups excluding carboxylic acids is 1. The van der Waals surface area contributed by atoms with Crippen molar-refractivity contribution in [2.75, 3.05) is 27.2 Å². The Morgan fingerprint density at radius 2 is 1.82 bits per heavy atom. The fourth-order valence-corrected chi connectivity index (χ4v) is 3.95. The molecule has 2 aromatic carbocycles. The van der Waals surface area contributed by atoms with Crippen LogP contribution in [0.4, 0.5) is 0 Å². The highest BCUT2D eigenvalue weighted by atomic mass is 16.3. The van der Waals surface area contributed by atoms with Crippen LogP contribution in [0.15, 0.2) is 57.7 Å². The molecule has 0 unspecified atom stereocenters. The highest BCUT2D eigenvalue weighted by molar-refractivity contribution is 5.99. The Morgan fingerprint density at radius 1 is 1.07 bits per heavy atom. The molecule has 0 bridgehead atoms. The summed E-state index contributed by atoms with van der Waals surface area (Å²) in [6.45, 7) is 3.48. The second kappa shape index (κ2) is 7.24. The smallest absolute Gasteiger partial charge is 0.290 e. The van der Waals surface area contributed by atoms with Crippen LogP contribution in [0.25, 0.3) is 11.0 Å². The molecule has 4 rings (SSSR count). The van der Waals surface area contributed by atoms with Gasteiger partial charge in [-0.25, -0.2) is 0 Å². The van der Waals surface area contributed by atoms with Crippen LogP contribution in [-0.2, 0) is 0 Å². The second-order valence-electron chi connectivity index (χ2n) is 7.80. The molecule has 0 spiro atoms. The first-order valence-electron chi connectivity index (χ1n) is 9.69. The van der Waals surface area contributed by atoms with Gasteiger partial charge in [0.25, 0.3) is 5.91 Å². The van der Waals surface area contributed by atoms with Gasteiger partial charge in [0.15, 0.2) is 5.43 Å². The summed E-state index contributed by atoms with van der Waals surface area (Å²) in [7, 11) is 4.19. The summed E-state index contributed by atoms with van der Waals surface area (Å²) in [5, 5.41) is 0.534. The van der Waals surface area contributed by atoms with E-state index < -0.39 is 6.04 Å². The fourth-order valence-electron chi connectivity index (χ4n) is 3.95. The molecule has 1 amide bonds. The van der Waals surface area contributed by atoms with Gasteiger partial charge < -0.3 is 14.2 Å². The molecule has 1 aliphatic rings. The maximum atomic E-state index is 13.4. The van der Waals surface area contributed by atoms with Crippen molar-refractivity contribution >= 4 is 16.9 Å². The summed E-state index contributed by atoms with van der Waals surface area (Å²) < 4.78 is 5.97. The Balaban J connectivity index is 1.88. The van der Waals surface area contributed by atoms with E-state index in [-0.39, 0.29) is 17.1 Å². The molecule has 5 heteroatoms. The van der Waals surface area contributed by atoms with Crippen LogP contribution < -0.4 is 10.3 Å². The Bertz CT molecular complexity index is 1090. The van der Waals surface area contributed by atoms with E-state index >= 15 is 0 Å². The molecule has 0 saturated carbocycles.